The molecule has 0 bridgehead atoms. The molecule has 0 radical (unpaired) electrons. The molecule has 3 aliphatic heterocycles. The number of hydrogen-bond acceptors (Lipinski definition) is 18. The molecule has 3 saturated heterocycles. The molecule has 0 aromatic carbocycles. The second kappa shape index (κ2) is 41.7. The molecule has 19 heteroatoms. The van der Waals surface area contributed by atoms with Crippen molar-refractivity contribution in [2.24, 2.45) is 0 Å². The van der Waals surface area contributed by atoms with E-state index in [1.54, 1.807) is 18.2 Å². The first-order valence-electron chi connectivity index (χ1n) is 28.5. The van der Waals surface area contributed by atoms with Crippen LogP contribution in [0.4, 0.5) is 0 Å². The van der Waals surface area contributed by atoms with Crippen LogP contribution in [0.25, 0.3) is 0 Å². The van der Waals surface area contributed by atoms with Gasteiger partial charge in [-0.3, -0.25) is 4.79 Å². The fourth-order valence-corrected chi connectivity index (χ4v) is 8.93. The summed E-state index contributed by atoms with van der Waals surface area (Å²) in [5.41, 5.74) is 0. The van der Waals surface area contributed by atoms with Crippen molar-refractivity contribution in [1.29, 1.82) is 0 Å². The van der Waals surface area contributed by atoms with Crippen LogP contribution >= 0.6 is 0 Å². The minimum absolute atomic E-state index is 0.00590. The number of hydrogen-bond donors (Lipinski definition) is 12. The molecule has 0 spiro atoms. The van der Waals surface area contributed by atoms with E-state index >= 15 is 0 Å². The van der Waals surface area contributed by atoms with E-state index in [1.165, 1.54) is 51.4 Å². The standard InChI is InChI=1S/C59H97NO18/c1-3-5-7-9-11-13-15-17-19-20-21-23-24-26-28-30-32-34-36-43(64)42(60-47(65)37-35-33-31-29-27-25-22-18-16-14-12-10-8-6-4-2)41-73-57-53(71)50(68)55(45(39-62)75-57)78-59-54(72)51(69)56(46(40-63)76-59)77-58-52(70)49(67)48(66)44(38-61)74-58/h6,8,12,14,18,20-22,26-29,33-36,42-46,48-59,61-64,66-72H,3-5,7,9-11,13,15-17,19,23-25,30-32,37-41H2,1-2H3,(H,60,65)/b8-6-,14-12-,21-20+,22-18-,28-26+,29-27-,35-33-,36-34+. The average Bonchev–Trinajstić information content (AvgIpc) is 3.47. The van der Waals surface area contributed by atoms with Crippen molar-refractivity contribution in [3.8, 4) is 0 Å². The second-order valence-electron chi connectivity index (χ2n) is 20.0. The molecule has 17 unspecified atom stereocenters. The Bertz CT molecular complexity index is 1800. The number of rotatable bonds is 39. The summed E-state index contributed by atoms with van der Waals surface area (Å²) >= 11 is 0. The van der Waals surface area contributed by atoms with Crippen LogP contribution in [0.15, 0.2) is 97.2 Å². The zero-order chi connectivity index (χ0) is 56.9. The molecule has 0 aromatic heterocycles. The third-order valence-electron chi connectivity index (χ3n) is 13.6. The SMILES string of the molecule is CC/C=C\C/C=C\C/C=C\C/C=C\C/C=C\CC(=O)NC(COC1OC(CO)C(OC2OC(CO)C(OC3OC(CO)C(O)C(O)C3O)C(O)C2O)C(O)C1O)C(O)/C=C/CC/C=C/CC/C=C/CCCCCCCCCC. The number of nitrogens with one attached hydrogen (secondary N) is 1. The highest BCUT2D eigenvalue weighted by atomic mass is 16.8. The molecule has 3 rings (SSSR count). The lowest BCUT2D eigenvalue weighted by Crippen LogP contribution is -2.66. The molecular formula is C59H97NO18. The summed E-state index contributed by atoms with van der Waals surface area (Å²) in [7, 11) is 0. The van der Waals surface area contributed by atoms with E-state index in [0.717, 1.165) is 51.4 Å². The highest BCUT2D eigenvalue weighted by molar-refractivity contribution is 5.77. The molecular weight excluding hydrogens is 1010 g/mol. The number of carbonyl (C=O) groups is 1. The van der Waals surface area contributed by atoms with Gasteiger partial charge in [0.15, 0.2) is 18.9 Å². The van der Waals surface area contributed by atoms with E-state index < -0.39 is 137 Å². The third kappa shape index (κ3) is 25.7. The van der Waals surface area contributed by atoms with Crippen molar-refractivity contribution in [3.05, 3.63) is 97.2 Å². The largest absolute Gasteiger partial charge is 0.394 e. The van der Waals surface area contributed by atoms with Crippen LogP contribution in [0, 0.1) is 0 Å². The molecule has 12 N–H and O–H groups in total. The van der Waals surface area contributed by atoms with Crippen molar-refractivity contribution in [2.75, 3.05) is 26.4 Å². The van der Waals surface area contributed by atoms with Crippen LogP contribution in [-0.4, -0.2) is 193 Å². The summed E-state index contributed by atoms with van der Waals surface area (Å²) in [4.78, 5) is 13.2. The van der Waals surface area contributed by atoms with Crippen LogP contribution in [-0.2, 0) is 33.2 Å². The fraction of sp³-hybridized carbons (Fsp3) is 0.712. The molecule has 3 aliphatic rings. The minimum Gasteiger partial charge on any atom is -0.394 e. The number of aliphatic hydroxyl groups excluding tert-OH is 11. The number of carbonyl (C=O) groups excluding carboxylic acids is 1. The van der Waals surface area contributed by atoms with Crippen LogP contribution in [0.1, 0.15) is 136 Å². The van der Waals surface area contributed by atoms with Gasteiger partial charge in [-0.15, -0.1) is 0 Å². The number of amides is 1. The Morgan fingerprint density at radius 3 is 1.41 bits per heavy atom. The van der Waals surface area contributed by atoms with Crippen LogP contribution in [0.5, 0.6) is 0 Å². The predicted molar refractivity (Wildman–Crippen MR) is 295 cm³/mol. The Hall–Kier alpha value is -3.29. The Labute approximate surface area is 463 Å². The molecule has 0 aromatic rings. The van der Waals surface area contributed by atoms with Crippen LogP contribution in [0.3, 0.4) is 0 Å². The maximum atomic E-state index is 13.2. The van der Waals surface area contributed by atoms with E-state index in [0.29, 0.717) is 12.8 Å². The molecule has 78 heavy (non-hydrogen) atoms. The van der Waals surface area contributed by atoms with Crippen molar-refractivity contribution in [3.63, 3.8) is 0 Å². The Morgan fingerprint density at radius 1 is 0.474 bits per heavy atom. The summed E-state index contributed by atoms with van der Waals surface area (Å²) in [6, 6.07) is -1.06. The molecule has 1 amide bonds. The molecule has 3 heterocycles. The molecule has 0 saturated carbocycles. The third-order valence-corrected chi connectivity index (χ3v) is 13.6. The quantitative estimate of drug-likeness (QED) is 0.0303. The Morgan fingerprint density at radius 2 is 0.897 bits per heavy atom. The normalized spacial score (nSPS) is 31.2. The van der Waals surface area contributed by atoms with E-state index in [4.69, 9.17) is 28.4 Å². The summed E-state index contributed by atoms with van der Waals surface area (Å²) in [6.07, 6.45) is 24.3. The Kier molecular flexibility index (Phi) is 36.8. The van der Waals surface area contributed by atoms with Crippen molar-refractivity contribution in [2.45, 2.75) is 240 Å². The first-order valence-corrected chi connectivity index (χ1v) is 28.5. The van der Waals surface area contributed by atoms with Crippen LogP contribution in [0.2, 0.25) is 0 Å². The van der Waals surface area contributed by atoms with E-state index in [9.17, 15) is 61.0 Å². The zero-order valence-corrected chi connectivity index (χ0v) is 46.1. The van der Waals surface area contributed by atoms with Gasteiger partial charge < -0.3 is 89.9 Å². The molecule has 446 valence electrons. The maximum absolute atomic E-state index is 13.2. The first kappa shape index (κ1) is 69.0. The van der Waals surface area contributed by atoms with Crippen LogP contribution < -0.4 is 5.32 Å². The number of ether oxygens (including phenoxy) is 6. The van der Waals surface area contributed by atoms with E-state index in [1.807, 2.05) is 18.2 Å². The van der Waals surface area contributed by atoms with Gasteiger partial charge in [-0.2, -0.15) is 0 Å². The Balaban J connectivity index is 1.58. The minimum atomic E-state index is -1.99. The number of aliphatic hydroxyl groups is 11. The van der Waals surface area contributed by atoms with Gasteiger partial charge in [-0.25, -0.2) is 0 Å². The van der Waals surface area contributed by atoms with E-state index in [-0.39, 0.29) is 6.42 Å². The molecule has 17 atom stereocenters. The van der Waals surface area contributed by atoms with Crippen molar-refractivity contribution in [1.82, 2.24) is 5.32 Å². The van der Waals surface area contributed by atoms with Gasteiger partial charge in [-0.05, 0) is 70.6 Å². The fourth-order valence-electron chi connectivity index (χ4n) is 8.93. The van der Waals surface area contributed by atoms with Crippen molar-refractivity contribution >= 4 is 5.91 Å². The summed E-state index contributed by atoms with van der Waals surface area (Å²) < 4.78 is 34.1. The summed E-state index contributed by atoms with van der Waals surface area (Å²) in [5.74, 6) is -0.422. The topological polar surface area (TPSA) is 307 Å². The maximum Gasteiger partial charge on any atom is 0.224 e. The van der Waals surface area contributed by atoms with Gasteiger partial charge in [0.1, 0.15) is 73.2 Å². The summed E-state index contributed by atoms with van der Waals surface area (Å²) in [5, 5.41) is 120. The first-order chi connectivity index (χ1) is 37.8. The zero-order valence-electron chi connectivity index (χ0n) is 46.1. The predicted octanol–water partition coefficient (Wildman–Crippen LogP) is 4.20. The van der Waals surface area contributed by atoms with Crippen molar-refractivity contribution < 1.29 is 89.4 Å². The summed E-state index contributed by atoms with van der Waals surface area (Å²) in [6.45, 7) is 1.46. The molecule has 19 nitrogen and oxygen atoms in total. The smallest absolute Gasteiger partial charge is 0.224 e. The highest BCUT2D eigenvalue weighted by Gasteiger charge is 2.53. The average molecular weight is 1110 g/mol. The lowest BCUT2D eigenvalue weighted by molar-refractivity contribution is -0.379. The molecule has 0 aliphatic carbocycles. The molecule has 3 fully saturated rings. The number of allylic oxidation sites excluding steroid dienone is 14. The van der Waals surface area contributed by atoms with Gasteiger partial charge in [-0.1, -0.05) is 156 Å². The van der Waals surface area contributed by atoms with Gasteiger partial charge in [0.05, 0.1) is 38.6 Å². The second-order valence-corrected chi connectivity index (χ2v) is 20.0. The van der Waals surface area contributed by atoms with Gasteiger partial charge >= 0.3 is 0 Å². The van der Waals surface area contributed by atoms with Gasteiger partial charge in [0, 0.05) is 6.42 Å². The highest BCUT2D eigenvalue weighted by Crippen LogP contribution is 2.33. The lowest BCUT2D eigenvalue weighted by Gasteiger charge is -2.48. The van der Waals surface area contributed by atoms with Gasteiger partial charge in [0.25, 0.3) is 0 Å². The number of unbranched alkanes of at least 4 members (excludes halogenated alkanes) is 10. The van der Waals surface area contributed by atoms with E-state index in [2.05, 4.69) is 79.9 Å². The lowest BCUT2D eigenvalue weighted by atomic mass is 9.96. The van der Waals surface area contributed by atoms with Gasteiger partial charge in [0.2, 0.25) is 5.91 Å². The monoisotopic (exact) mass is 1110 g/mol.